The number of nitro benzene ring substituents is 1. The lowest BCUT2D eigenvalue weighted by Crippen LogP contribution is -2.54. The van der Waals surface area contributed by atoms with Gasteiger partial charge >= 0.3 is 0 Å². The van der Waals surface area contributed by atoms with Gasteiger partial charge < -0.3 is 5.32 Å². The highest BCUT2D eigenvalue weighted by Crippen LogP contribution is 2.61. The first-order valence-corrected chi connectivity index (χ1v) is 11.2. The molecule has 3 amide bonds. The lowest BCUT2D eigenvalue weighted by Gasteiger charge is -2.36. The van der Waals surface area contributed by atoms with E-state index < -0.39 is 28.2 Å². The van der Waals surface area contributed by atoms with E-state index in [1.807, 2.05) is 11.8 Å². The number of fused-ring (bicyclic) bond motifs is 7. The van der Waals surface area contributed by atoms with E-state index in [1.165, 1.54) is 24.3 Å². The number of nitrogens with zero attached hydrogens (tertiary/aromatic N) is 3. The van der Waals surface area contributed by atoms with Crippen LogP contribution >= 0.6 is 11.6 Å². The number of hydrogen-bond donors (Lipinski definition) is 1. The predicted molar refractivity (Wildman–Crippen MR) is 119 cm³/mol. The monoisotopic (exact) mass is 466 g/mol. The molecule has 1 spiro atoms. The lowest BCUT2D eigenvalue weighted by molar-refractivity contribution is -0.384. The predicted octanol–water partition coefficient (Wildman–Crippen LogP) is 2.99. The van der Waals surface area contributed by atoms with Gasteiger partial charge in [0.25, 0.3) is 5.69 Å². The number of anilines is 2. The van der Waals surface area contributed by atoms with Gasteiger partial charge in [0.05, 0.1) is 28.1 Å². The molecule has 0 bridgehead atoms. The summed E-state index contributed by atoms with van der Waals surface area (Å²) in [4.78, 5) is 54.8. The van der Waals surface area contributed by atoms with Gasteiger partial charge in [-0.15, -0.1) is 0 Å². The number of benzene rings is 2. The number of rotatable bonds is 2. The van der Waals surface area contributed by atoms with E-state index >= 15 is 0 Å². The Bertz CT molecular complexity index is 1280. The van der Waals surface area contributed by atoms with Crippen molar-refractivity contribution in [2.45, 2.75) is 31.3 Å². The summed E-state index contributed by atoms with van der Waals surface area (Å²) < 4.78 is 0. The molecule has 2 aromatic carbocycles. The molecule has 33 heavy (non-hydrogen) atoms. The van der Waals surface area contributed by atoms with Crippen LogP contribution in [0.15, 0.2) is 36.4 Å². The van der Waals surface area contributed by atoms with Crippen LogP contribution in [0.25, 0.3) is 0 Å². The number of carbonyl (C=O) groups is 3. The van der Waals surface area contributed by atoms with Crippen molar-refractivity contribution < 1.29 is 19.3 Å². The normalized spacial score (nSPS) is 30.1. The van der Waals surface area contributed by atoms with Gasteiger partial charge in [-0.05, 0) is 50.1 Å². The second-order valence-electron chi connectivity index (χ2n) is 9.01. The SMILES string of the molecule is Cc1c(Cl)ccc2c1NC(=O)C21C2C(=O)N(c3ccc([N+](=O)[O-])cc3)C(=O)C2C2CCCN21. The molecule has 6 rings (SSSR count). The van der Waals surface area contributed by atoms with E-state index in [-0.39, 0.29) is 29.2 Å². The van der Waals surface area contributed by atoms with Gasteiger partial charge in [-0.2, -0.15) is 0 Å². The fourth-order valence-electron chi connectivity index (χ4n) is 6.37. The van der Waals surface area contributed by atoms with Crippen LogP contribution in [-0.4, -0.2) is 40.1 Å². The van der Waals surface area contributed by atoms with E-state index in [1.54, 1.807) is 12.1 Å². The summed E-state index contributed by atoms with van der Waals surface area (Å²) in [6.45, 7) is 2.43. The van der Waals surface area contributed by atoms with Crippen molar-refractivity contribution in [2.75, 3.05) is 16.8 Å². The maximum Gasteiger partial charge on any atom is 0.269 e. The van der Waals surface area contributed by atoms with E-state index in [4.69, 9.17) is 11.6 Å². The van der Waals surface area contributed by atoms with Crippen molar-refractivity contribution in [1.29, 1.82) is 0 Å². The first kappa shape index (κ1) is 20.3. The van der Waals surface area contributed by atoms with Crippen molar-refractivity contribution in [3.05, 3.63) is 62.7 Å². The highest BCUT2D eigenvalue weighted by atomic mass is 35.5. The van der Waals surface area contributed by atoms with Crippen LogP contribution in [0, 0.1) is 28.9 Å². The standard InChI is InChI=1S/C23H19ClN4O5/c1-11-15(24)9-8-14-19(11)25-22(31)23(14)18-17(16-3-2-10-26(16)23)20(29)27(21(18)30)12-4-6-13(7-5-12)28(32)33/h4-9,16-18H,2-3,10H2,1H3,(H,25,31). The fourth-order valence-corrected chi connectivity index (χ4v) is 6.53. The van der Waals surface area contributed by atoms with Crippen LogP contribution < -0.4 is 10.2 Å². The molecular weight excluding hydrogens is 448 g/mol. The van der Waals surface area contributed by atoms with Gasteiger partial charge in [0, 0.05) is 28.8 Å². The van der Waals surface area contributed by atoms with Crippen molar-refractivity contribution in [2.24, 2.45) is 11.8 Å². The summed E-state index contributed by atoms with van der Waals surface area (Å²) in [5.41, 5.74) is 0.873. The molecular formula is C23H19ClN4O5. The summed E-state index contributed by atoms with van der Waals surface area (Å²) in [6.07, 6.45) is 1.54. The molecule has 4 heterocycles. The molecule has 3 saturated heterocycles. The zero-order valence-electron chi connectivity index (χ0n) is 17.6. The molecule has 0 radical (unpaired) electrons. The third-order valence-corrected chi connectivity index (χ3v) is 8.09. The number of hydrogen-bond acceptors (Lipinski definition) is 6. The summed E-state index contributed by atoms with van der Waals surface area (Å²) >= 11 is 6.31. The average molecular weight is 467 g/mol. The van der Waals surface area contributed by atoms with Gasteiger partial charge in [0.15, 0.2) is 0 Å². The summed E-state index contributed by atoms with van der Waals surface area (Å²) in [7, 11) is 0. The van der Waals surface area contributed by atoms with Crippen LogP contribution in [0.3, 0.4) is 0 Å². The minimum Gasteiger partial charge on any atom is -0.324 e. The third-order valence-electron chi connectivity index (χ3n) is 7.68. The third kappa shape index (κ3) is 2.33. The molecule has 4 unspecified atom stereocenters. The molecule has 4 aliphatic heterocycles. The van der Waals surface area contributed by atoms with Crippen LogP contribution in [0.1, 0.15) is 24.0 Å². The van der Waals surface area contributed by atoms with Crippen LogP contribution in [0.5, 0.6) is 0 Å². The van der Waals surface area contributed by atoms with Gasteiger partial charge in [0.1, 0.15) is 5.54 Å². The van der Waals surface area contributed by atoms with E-state index in [0.717, 1.165) is 16.9 Å². The first-order valence-electron chi connectivity index (χ1n) is 10.8. The van der Waals surface area contributed by atoms with Gasteiger partial charge in [-0.1, -0.05) is 17.7 Å². The minimum atomic E-state index is -1.28. The zero-order valence-corrected chi connectivity index (χ0v) is 18.3. The Kier molecular flexibility index (Phi) is 4.07. The molecule has 0 saturated carbocycles. The quantitative estimate of drug-likeness (QED) is 0.413. The molecule has 0 aliphatic carbocycles. The molecule has 4 atom stereocenters. The van der Waals surface area contributed by atoms with Gasteiger partial charge in [-0.3, -0.25) is 29.4 Å². The zero-order chi connectivity index (χ0) is 23.2. The number of amides is 3. The van der Waals surface area contributed by atoms with E-state index in [2.05, 4.69) is 5.32 Å². The molecule has 3 fully saturated rings. The number of halogens is 1. The number of nitro groups is 1. The van der Waals surface area contributed by atoms with Gasteiger partial charge in [0.2, 0.25) is 17.7 Å². The Labute approximate surface area is 193 Å². The largest absolute Gasteiger partial charge is 0.324 e. The molecule has 168 valence electrons. The maximum atomic E-state index is 13.9. The Morgan fingerprint density at radius 2 is 1.85 bits per heavy atom. The molecule has 10 heteroatoms. The van der Waals surface area contributed by atoms with E-state index in [0.29, 0.717) is 29.2 Å². The van der Waals surface area contributed by atoms with Crippen molar-refractivity contribution in [3.8, 4) is 0 Å². The highest BCUT2D eigenvalue weighted by Gasteiger charge is 2.74. The molecule has 9 nitrogen and oxygen atoms in total. The Balaban J connectivity index is 1.52. The summed E-state index contributed by atoms with van der Waals surface area (Å²) in [6, 6.07) is 8.62. The van der Waals surface area contributed by atoms with Crippen LogP contribution in [0.2, 0.25) is 5.02 Å². The Hall–Kier alpha value is -3.30. The highest BCUT2D eigenvalue weighted by molar-refractivity contribution is 6.32. The molecule has 1 N–H and O–H groups in total. The lowest BCUT2D eigenvalue weighted by atomic mass is 9.75. The molecule has 0 aromatic heterocycles. The van der Waals surface area contributed by atoms with Crippen molar-refractivity contribution >= 4 is 46.4 Å². The number of imide groups is 1. The summed E-state index contributed by atoms with van der Waals surface area (Å²) in [5.74, 6) is -2.67. The minimum absolute atomic E-state index is 0.132. The average Bonchev–Trinajstić information content (AvgIpc) is 3.50. The number of nitrogens with one attached hydrogen (secondary N) is 1. The smallest absolute Gasteiger partial charge is 0.269 e. The van der Waals surface area contributed by atoms with Crippen LogP contribution in [0.4, 0.5) is 17.1 Å². The van der Waals surface area contributed by atoms with Crippen LogP contribution in [-0.2, 0) is 19.9 Å². The second kappa shape index (κ2) is 6.61. The van der Waals surface area contributed by atoms with Crippen molar-refractivity contribution in [1.82, 2.24) is 4.90 Å². The molecule has 4 aliphatic rings. The fraction of sp³-hybridized carbons (Fsp3) is 0.348. The Morgan fingerprint density at radius 1 is 1.12 bits per heavy atom. The first-order chi connectivity index (χ1) is 15.8. The van der Waals surface area contributed by atoms with Crippen molar-refractivity contribution in [3.63, 3.8) is 0 Å². The number of carbonyl (C=O) groups excluding carboxylic acids is 3. The second-order valence-corrected chi connectivity index (χ2v) is 9.41. The molecule has 2 aromatic rings. The van der Waals surface area contributed by atoms with Gasteiger partial charge in [-0.25, -0.2) is 4.90 Å². The number of non-ortho nitro benzene ring substituents is 1. The topological polar surface area (TPSA) is 113 Å². The Morgan fingerprint density at radius 3 is 2.55 bits per heavy atom. The maximum absolute atomic E-state index is 13.9. The van der Waals surface area contributed by atoms with E-state index in [9.17, 15) is 24.5 Å². The summed E-state index contributed by atoms with van der Waals surface area (Å²) in [5, 5.41) is 14.5.